The molecule has 0 aromatic rings. The molecule has 0 aromatic heterocycles. The first-order valence-electron chi connectivity index (χ1n) is 6.21. The van der Waals surface area contributed by atoms with Crippen LogP contribution in [0.1, 0.15) is 34.6 Å². The molecule has 0 spiro atoms. The summed E-state index contributed by atoms with van der Waals surface area (Å²) >= 11 is 0. The lowest BCUT2D eigenvalue weighted by Gasteiger charge is -2.00. The van der Waals surface area contributed by atoms with Crippen molar-refractivity contribution in [3.63, 3.8) is 0 Å². The van der Waals surface area contributed by atoms with Crippen molar-refractivity contribution >= 4 is 0 Å². The van der Waals surface area contributed by atoms with Crippen LogP contribution in [0.3, 0.4) is 0 Å². The maximum Gasteiger partial charge on any atom is -0.0193 e. The van der Waals surface area contributed by atoms with Crippen LogP contribution in [0.5, 0.6) is 0 Å². The molecule has 0 aliphatic carbocycles. The van der Waals surface area contributed by atoms with Gasteiger partial charge in [-0.2, -0.15) is 0 Å². The summed E-state index contributed by atoms with van der Waals surface area (Å²) in [5.74, 6) is 0. The molecule has 94 valence electrons. The lowest BCUT2D eigenvalue weighted by Crippen LogP contribution is -1.81. The van der Waals surface area contributed by atoms with Gasteiger partial charge in [0.2, 0.25) is 0 Å². The summed E-state index contributed by atoms with van der Waals surface area (Å²) < 4.78 is 0. The molecule has 17 heavy (non-hydrogen) atoms. The zero-order chi connectivity index (χ0) is 13.5. The summed E-state index contributed by atoms with van der Waals surface area (Å²) in [4.78, 5) is 0. The summed E-state index contributed by atoms with van der Waals surface area (Å²) in [5.41, 5.74) is 2.32. The Labute approximate surface area is 107 Å². The Morgan fingerprint density at radius 2 is 1.41 bits per heavy atom. The highest BCUT2D eigenvalue weighted by Gasteiger charge is 1.93. The van der Waals surface area contributed by atoms with Crippen molar-refractivity contribution in [3.05, 3.63) is 72.4 Å². The molecule has 0 aromatic carbocycles. The highest BCUT2D eigenvalue weighted by Crippen LogP contribution is 2.13. The SMILES string of the molecule is C=CC(=C/C=C\C)/C(/C=C\C=C/C)=C\C.CC. The summed E-state index contributed by atoms with van der Waals surface area (Å²) in [6.45, 7) is 13.9. The Bertz CT molecular complexity index is 320. The van der Waals surface area contributed by atoms with E-state index in [1.807, 2.05) is 71.1 Å². The molecule has 0 heterocycles. The number of hydrogen-bond donors (Lipinski definition) is 0. The maximum absolute atomic E-state index is 3.82. The molecule has 0 rings (SSSR count). The Hall–Kier alpha value is -1.56. The number of rotatable bonds is 5. The van der Waals surface area contributed by atoms with Gasteiger partial charge in [0.25, 0.3) is 0 Å². The molecule has 0 unspecified atom stereocenters. The van der Waals surface area contributed by atoms with Crippen LogP contribution in [-0.2, 0) is 0 Å². The molecule has 0 saturated heterocycles. The van der Waals surface area contributed by atoms with Crippen molar-refractivity contribution in [1.29, 1.82) is 0 Å². The normalized spacial score (nSPS) is 13.2. The smallest absolute Gasteiger partial charge is 0.0193 e. The predicted molar refractivity (Wildman–Crippen MR) is 82.2 cm³/mol. The van der Waals surface area contributed by atoms with Crippen LogP contribution in [0.4, 0.5) is 0 Å². The Morgan fingerprint density at radius 1 is 0.824 bits per heavy atom. The average molecular weight is 230 g/mol. The van der Waals surface area contributed by atoms with E-state index in [1.54, 1.807) is 0 Å². The van der Waals surface area contributed by atoms with Crippen molar-refractivity contribution < 1.29 is 0 Å². The minimum absolute atomic E-state index is 1.14. The van der Waals surface area contributed by atoms with E-state index >= 15 is 0 Å². The van der Waals surface area contributed by atoms with E-state index in [0.29, 0.717) is 0 Å². The van der Waals surface area contributed by atoms with Crippen molar-refractivity contribution in [2.75, 3.05) is 0 Å². The van der Waals surface area contributed by atoms with Gasteiger partial charge in [-0.15, -0.1) is 0 Å². The summed E-state index contributed by atoms with van der Waals surface area (Å²) in [5, 5.41) is 0. The van der Waals surface area contributed by atoms with Crippen LogP contribution in [0, 0.1) is 0 Å². The van der Waals surface area contributed by atoms with Crippen LogP contribution in [0.2, 0.25) is 0 Å². The number of allylic oxidation sites excluding steroid dienone is 11. The van der Waals surface area contributed by atoms with Gasteiger partial charge in [-0.3, -0.25) is 0 Å². The largest absolute Gasteiger partial charge is 0.0984 e. The molecule has 0 bridgehead atoms. The van der Waals surface area contributed by atoms with E-state index in [-0.39, 0.29) is 0 Å². The van der Waals surface area contributed by atoms with E-state index < -0.39 is 0 Å². The first-order chi connectivity index (χ1) is 8.29. The standard InChI is InChI=1S/C15H20.C2H6/c1-5-9-11-13-15(8-4)14(7-3)12-10-6-2;1-2/h5-13H,3H2,1-2,4H3;1-2H3/b9-5-,10-6-,13-11-,14-12-,15-8-;. The fourth-order valence-electron chi connectivity index (χ4n) is 1.11. The lowest BCUT2D eigenvalue weighted by molar-refractivity contribution is 1.50. The molecular formula is C17H26. The van der Waals surface area contributed by atoms with Crippen LogP contribution in [0.15, 0.2) is 72.4 Å². The summed E-state index contributed by atoms with van der Waals surface area (Å²) in [6.07, 6.45) is 18.2. The topological polar surface area (TPSA) is 0 Å². The molecular weight excluding hydrogens is 204 g/mol. The molecule has 0 fully saturated rings. The second kappa shape index (κ2) is 14.4. The van der Waals surface area contributed by atoms with Crippen molar-refractivity contribution in [2.24, 2.45) is 0 Å². The Balaban J connectivity index is 0. The van der Waals surface area contributed by atoms with E-state index in [0.717, 1.165) is 5.57 Å². The van der Waals surface area contributed by atoms with Crippen molar-refractivity contribution in [3.8, 4) is 0 Å². The zero-order valence-corrected chi connectivity index (χ0v) is 11.9. The van der Waals surface area contributed by atoms with Gasteiger partial charge >= 0.3 is 0 Å². The van der Waals surface area contributed by atoms with Crippen molar-refractivity contribution in [2.45, 2.75) is 34.6 Å². The van der Waals surface area contributed by atoms with E-state index in [9.17, 15) is 0 Å². The van der Waals surface area contributed by atoms with Gasteiger partial charge in [-0.25, -0.2) is 0 Å². The van der Waals surface area contributed by atoms with E-state index in [2.05, 4.69) is 24.8 Å². The molecule has 0 saturated carbocycles. The van der Waals surface area contributed by atoms with Crippen LogP contribution in [0.25, 0.3) is 0 Å². The second-order valence-corrected chi connectivity index (χ2v) is 2.98. The molecule has 0 N–H and O–H groups in total. The van der Waals surface area contributed by atoms with Gasteiger partial charge < -0.3 is 0 Å². The molecule has 0 aliphatic rings. The fourth-order valence-corrected chi connectivity index (χ4v) is 1.11. The fraction of sp³-hybridized carbons (Fsp3) is 0.294. The number of hydrogen-bond acceptors (Lipinski definition) is 0. The van der Waals surface area contributed by atoms with Crippen LogP contribution < -0.4 is 0 Å². The molecule has 0 amide bonds. The lowest BCUT2D eigenvalue weighted by atomic mass is 10.0. The minimum Gasteiger partial charge on any atom is -0.0984 e. The van der Waals surface area contributed by atoms with Crippen LogP contribution in [-0.4, -0.2) is 0 Å². The average Bonchev–Trinajstić information content (AvgIpc) is 2.39. The van der Waals surface area contributed by atoms with Gasteiger partial charge in [0.1, 0.15) is 0 Å². The third-order valence-corrected chi connectivity index (χ3v) is 1.91. The Morgan fingerprint density at radius 3 is 1.82 bits per heavy atom. The molecule has 0 radical (unpaired) electrons. The molecule has 0 atom stereocenters. The van der Waals surface area contributed by atoms with Crippen LogP contribution >= 0.6 is 0 Å². The maximum atomic E-state index is 3.82. The monoisotopic (exact) mass is 230 g/mol. The highest BCUT2D eigenvalue weighted by molar-refractivity contribution is 5.47. The van der Waals surface area contributed by atoms with Gasteiger partial charge in [0.05, 0.1) is 0 Å². The quantitative estimate of drug-likeness (QED) is 0.525. The summed E-state index contributed by atoms with van der Waals surface area (Å²) in [6, 6.07) is 0. The van der Waals surface area contributed by atoms with E-state index in [1.165, 1.54) is 5.57 Å². The third kappa shape index (κ3) is 9.37. The predicted octanol–water partition coefficient (Wildman–Crippen LogP) is 5.78. The van der Waals surface area contributed by atoms with Gasteiger partial charge in [-0.1, -0.05) is 75.1 Å². The summed E-state index contributed by atoms with van der Waals surface area (Å²) in [7, 11) is 0. The first-order valence-corrected chi connectivity index (χ1v) is 6.21. The van der Waals surface area contributed by atoms with Gasteiger partial charge in [0, 0.05) is 0 Å². The first kappa shape index (κ1) is 17.8. The van der Waals surface area contributed by atoms with Gasteiger partial charge in [0.15, 0.2) is 0 Å². The van der Waals surface area contributed by atoms with Crippen molar-refractivity contribution in [1.82, 2.24) is 0 Å². The Kier molecular flexibility index (Phi) is 15.1. The molecule has 0 nitrogen and oxygen atoms in total. The second-order valence-electron chi connectivity index (χ2n) is 2.98. The highest BCUT2D eigenvalue weighted by atomic mass is 14.0. The van der Waals surface area contributed by atoms with E-state index in [4.69, 9.17) is 0 Å². The zero-order valence-electron chi connectivity index (χ0n) is 11.9. The molecule has 0 aliphatic heterocycles. The molecule has 0 heteroatoms. The van der Waals surface area contributed by atoms with Gasteiger partial charge in [-0.05, 0) is 31.9 Å². The third-order valence-electron chi connectivity index (χ3n) is 1.91. The minimum atomic E-state index is 1.14.